The molecule has 0 bridgehead atoms. The van der Waals surface area contributed by atoms with Crippen molar-refractivity contribution in [2.24, 2.45) is 0 Å². The molecule has 1 aliphatic heterocycles. The van der Waals surface area contributed by atoms with Gasteiger partial charge < -0.3 is 10.6 Å². The second-order valence-corrected chi connectivity index (χ2v) is 5.32. The van der Waals surface area contributed by atoms with Crippen LogP contribution in [0.1, 0.15) is 39.2 Å². The van der Waals surface area contributed by atoms with Gasteiger partial charge in [-0.3, -0.25) is 4.79 Å². The second-order valence-electron chi connectivity index (χ2n) is 5.32. The van der Waals surface area contributed by atoms with E-state index in [1.165, 1.54) is 5.56 Å². The van der Waals surface area contributed by atoms with E-state index in [0.29, 0.717) is 0 Å². The highest BCUT2D eigenvalue weighted by Gasteiger charge is 2.30. The van der Waals surface area contributed by atoms with Gasteiger partial charge in [0.15, 0.2) is 0 Å². The van der Waals surface area contributed by atoms with Crippen molar-refractivity contribution in [3.63, 3.8) is 0 Å². The molecule has 1 heterocycles. The Hall–Kier alpha value is -1.51. The minimum absolute atomic E-state index is 0.0897. The first-order valence-electron chi connectivity index (χ1n) is 6.74. The van der Waals surface area contributed by atoms with Crippen LogP contribution in [0.2, 0.25) is 0 Å². The van der Waals surface area contributed by atoms with Gasteiger partial charge in [-0.25, -0.2) is 0 Å². The van der Waals surface area contributed by atoms with Crippen LogP contribution in [0, 0.1) is 0 Å². The lowest BCUT2D eigenvalue weighted by molar-refractivity contribution is -0.123. The van der Waals surface area contributed by atoms with E-state index in [0.717, 1.165) is 24.9 Å². The lowest BCUT2D eigenvalue weighted by atomic mass is 9.95. The molecule has 1 aromatic carbocycles. The maximum Gasteiger partial charge on any atom is 0.243 e. The molecule has 0 radical (unpaired) electrons. The van der Waals surface area contributed by atoms with Crippen molar-refractivity contribution >= 4 is 11.6 Å². The Bertz CT molecular complexity index is 413. The van der Waals surface area contributed by atoms with Crippen LogP contribution in [-0.2, 0) is 11.2 Å². The number of hydrogen-bond acceptors (Lipinski definition) is 2. The van der Waals surface area contributed by atoms with E-state index in [4.69, 9.17) is 0 Å². The maximum atomic E-state index is 12.3. The van der Waals surface area contributed by atoms with E-state index in [1.807, 2.05) is 18.2 Å². The summed E-state index contributed by atoms with van der Waals surface area (Å²) in [5, 5.41) is 6.46. The van der Waals surface area contributed by atoms with Crippen molar-refractivity contribution < 1.29 is 4.79 Å². The minimum atomic E-state index is -0.125. The highest BCUT2D eigenvalue weighted by atomic mass is 16.2. The molecule has 0 unspecified atom stereocenters. The summed E-state index contributed by atoms with van der Waals surface area (Å²) >= 11 is 0. The van der Waals surface area contributed by atoms with Gasteiger partial charge in [0, 0.05) is 17.6 Å². The number of carbonyl (C=O) groups is 1. The molecule has 18 heavy (non-hydrogen) atoms. The van der Waals surface area contributed by atoms with Crippen molar-refractivity contribution in [1.82, 2.24) is 5.32 Å². The zero-order valence-corrected chi connectivity index (χ0v) is 11.4. The molecule has 0 fully saturated rings. The number of anilines is 1. The topological polar surface area (TPSA) is 41.1 Å². The van der Waals surface area contributed by atoms with Crippen LogP contribution in [0.25, 0.3) is 0 Å². The van der Waals surface area contributed by atoms with E-state index < -0.39 is 0 Å². The number of fused-ring (bicyclic) bond motifs is 1. The Labute approximate surface area is 109 Å². The fourth-order valence-electron chi connectivity index (χ4n) is 2.27. The van der Waals surface area contributed by atoms with Crippen molar-refractivity contribution in [3.8, 4) is 0 Å². The molecule has 0 saturated carbocycles. The van der Waals surface area contributed by atoms with E-state index >= 15 is 0 Å². The fraction of sp³-hybridized carbons (Fsp3) is 0.533. The van der Waals surface area contributed by atoms with Crippen LogP contribution in [0.4, 0.5) is 5.69 Å². The average Bonchev–Trinajstić information content (AvgIpc) is 2.82. The predicted octanol–water partition coefficient (Wildman–Crippen LogP) is 2.72. The Morgan fingerprint density at radius 3 is 2.67 bits per heavy atom. The predicted molar refractivity (Wildman–Crippen MR) is 74.7 cm³/mol. The van der Waals surface area contributed by atoms with Crippen molar-refractivity contribution in [2.75, 3.05) is 5.32 Å². The fourth-order valence-corrected chi connectivity index (χ4v) is 2.27. The average molecular weight is 246 g/mol. The standard InChI is InChI=1S/C15H22N2O/c1-4-15(3,5-2)17-14(18)13-10-11-8-6-7-9-12(11)16-13/h6-9,13,16H,4-5,10H2,1-3H3,(H,17,18)/t13-/m0/s1. The SMILES string of the molecule is CCC(C)(CC)NC(=O)[C@@H]1Cc2ccccc2N1. The van der Waals surface area contributed by atoms with Gasteiger partial charge in [0.1, 0.15) is 6.04 Å². The van der Waals surface area contributed by atoms with Crippen molar-refractivity contribution in [1.29, 1.82) is 0 Å². The molecular formula is C15H22N2O. The molecule has 0 aliphatic carbocycles. The monoisotopic (exact) mass is 246 g/mol. The number of amides is 1. The molecule has 3 nitrogen and oxygen atoms in total. The van der Waals surface area contributed by atoms with Gasteiger partial charge in [-0.05, 0) is 31.4 Å². The van der Waals surface area contributed by atoms with Gasteiger partial charge in [0.25, 0.3) is 0 Å². The van der Waals surface area contributed by atoms with Gasteiger partial charge in [0.2, 0.25) is 5.91 Å². The molecule has 0 spiro atoms. The molecule has 2 rings (SSSR count). The first-order valence-corrected chi connectivity index (χ1v) is 6.74. The Kier molecular flexibility index (Phi) is 3.60. The number of nitrogens with one attached hydrogen (secondary N) is 2. The summed E-state index contributed by atoms with van der Waals surface area (Å²) in [6.45, 7) is 6.33. The molecule has 0 aromatic heterocycles. The molecule has 1 aliphatic rings. The van der Waals surface area contributed by atoms with Crippen LogP contribution in [0.15, 0.2) is 24.3 Å². The summed E-state index contributed by atoms with van der Waals surface area (Å²) in [5.74, 6) is 0.109. The molecule has 0 saturated heterocycles. The normalized spacial score (nSPS) is 18.1. The minimum Gasteiger partial charge on any atom is -0.373 e. The van der Waals surface area contributed by atoms with Gasteiger partial charge in [-0.2, -0.15) is 0 Å². The maximum absolute atomic E-state index is 12.3. The van der Waals surface area contributed by atoms with E-state index in [1.54, 1.807) is 0 Å². The molecule has 3 heteroatoms. The highest BCUT2D eigenvalue weighted by Crippen LogP contribution is 2.25. The zero-order chi connectivity index (χ0) is 13.2. The molecular weight excluding hydrogens is 224 g/mol. The van der Waals surface area contributed by atoms with Crippen LogP contribution in [0.5, 0.6) is 0 Å². The third-order valence-electron chi connectivity index (χ3n) is 4.07. The van der Waals surface area contributed by atoms with Gasteiger partial charge >= 0.3 is 0 Å². The molecule has 2 N–H and O–H groups in total. The molecule has 1 aromatic rings. The largest absolute Gasteiger partial charge is 0.373 e. The Morgan fingerprint density at radius 1 is 1.39 bits per heavy atom. The Balaban J connectivity index is 2.01. The third-order valence-corrected chi connectivity index (χ3v) is 4.07. The Morgan fingerprint density at radius 2 is 2.06 bits per heavy atom. The summed E-state index contributed by atoms with van der Waals surface area (Å²) < 4.78 is 0. The number of carbonyl (C=O) groups excluding carboxylic acids is 1. The molecule has 1 atom stereocenters. The first kappa shape index (κ1) is 12.9. The quantitative estimate of drug-likeness (QED) is 0.857. The summed E-state index contributed by atoms with van der Waals surface area (Å²) in [5.41, 5.74) is 2.23. The van der Waals surface area contributed by atoms with Gasteiger partial charge in [-0.15, -0.1) is 0 Å². The van der Waals surface area contributed by atoms with E-state index in [9.17, 15) is 4.79 Å². The highest BCUT2D eigenvalue weighted by molar-refractivity contribution is 5.87. The second kappa shape index (κ2) is 5.01. The van der Waals surface area contributed by atoms with E-state index in [-0.39, 0.29) is 17.5 Å². The smallest absolute Gasteiger partial charge is 0.243 e. The summed E-state index contributed by atoms with van der Waals surface area (Å²) in [7, 11) is 0. The molecule has 98 valence electrons. The summed E-state index contributed by atoms with van der Waals surface area (Å²) in [6, 6.07) is 7.99. The number of benzene rings is 1. The summed E-state index contributed by atoms with van der Waals surface area (Å²) in [6.07, 6.45) is 2.69. The third kappa shape index (κ3) is 2.50. The molecule has 1 amide bonds. The lowest BCUT2D eigenvalue weighted by Crippen LogP contribution is -2.50. The van der Waals surface area contributed by atoms with Gasteiger partial charge in [-0.1, -0.05) is 32.0 Å². The van der Waals surface area contributed by atoms with Gasteiger partial charge in [0.05, 0.1) is 0 Å². The first-order chi connectivity index (χ1) is 8.58. The van der Waals surface area contributed by atoms with E-state index in [2.05, 4.69) is 37.5 Å². The number of hydrogen-bond donors (Lipinski definition) is 2. The summed E-state index contributed by atoms with van der Waals surface area (Å²) in [4.78, 5) is 12.3. The number of para-hydroxylation sites is 1. The number of rotatable bonds is 4. The zero-order valence-electron chi connectivity index (χ0n) is 11.4. The lowest BCUT2D eigenvalue weighted by Gasteiger charge is -2.29. The van der Waals surface area contributed by atoms with Crippen molar-refractivity contribution in [3.05, 3.63) is 29.8 Å². The van der Waals surface area contributed by atoms with Crippen LogP contribution in [-0.4, -0.2) is 17.5 Å². The van der Waals surface area contributed by atoms with Crippen LogP contribution in [0.3, 0.4) is 0 Å². The van der Waals surface area contributed by atoms with Crippen LogP contribution < -0.4 is 10.6 Å². The van der Waals surface area contributed by atoms with Crippen LogP contribution >= 0.6 is 0 Å². The van der Waals surface area contributed by atoms with Crippen molar-refractivity contribution in [2.45, 2.75) is 51.6 Å².